The van der Waals surface area contributed by atoms with Gasteiger partial charge in [0.25, 0.3) is 5.91 Å². The molecule has 1 amide bonds. The third-order valence-corrected chi connectivity index (χ3v) is 4.75. The second-order valence-corrected chi connectivity index (χ2v) is 6.79. The molecular formula is C21H24N2O4. The van der Waals surface area contributed by atoms with Gasteiger partial charge in [0.2, 0.25) is 5.56 Å². The number of esters is 1. The SMILES string of the molecule is C[C@@H](OC(=O)c1cc(=O)[nH]c2ccccc12)C(=O)NCCC1=CCCCC1. The van der Waals surface area contributed by atoms with Gasteiger partial charge in [0.05, 0.1) is 5.56 Å². The van der Waals surface area contributed by atoms with E-state index in [4.69, 9.17) is 4.74 Å². The molecule has 6 nitrogen and oxygen atoms in total. The zero-order valence-corrected chi connectivity index (χ0v) is 15.4. The molecule has 0 aliphatic heterocycles. The summed E-state index contributed by atoms with van der Waals surface area (Å²) in [5.41, 5.74) is 1.69. The van der Waals surface area contributed by atoms with Gasteiger partial charge in [0.15, 0.2) is 6.10 Å². The summed E-state index contributed by atoms with van der Waals surface area (Å²) < 4.78 is 5.29. The summed E-state index contributed by atoms with van der Waals surface area (Å²) in [6.45, 7) is 2.06. The van der Waals surface area contributed by atoms with Gasteiger partial charge in [-0.3, -0.25) is 9.59 Å². The number of carbonyl (C=O) groups is 2. The maximum Gasteiger partial charge on any atom is 0.339 e. The first-order chi connectivity index (χ1) is 13.0. The molecule has 1 aromatic carbocycles. The van der Waals surface area contributed by atoms with Crippen molar-refractivity contribution >= 4 is 22.8 Å². The van der Waals surface area contributed by atoms with Crippen LogP contribution >= 0.6 is 0 Å². The summed E-state index contributed by atoms with van der Waals surface area (Å²) in [5.74, 6) is -1.02. The number of carbonyl (C=O) groups excluding carboxylic acids is 2. The van der Waals surface area contributed by atoms with Crippen LogP contribution in [0.25, 0.3) is 10.9 Å². The molecule has 2 N–H and O–H groups in total. The Kier molecular flexibility index (Phi) is 6.06. The number of nitrogens with one attached hydrogen (secondary N) is 2. The predicted molar refractivity (Wildman–Crippen MR) is 104 cm³/mol. The summed E-state index contributed by atoms with van der Waals surface area (Å²) in [4.78, 5) is 39.1. The molecule has 0 unspecified atom stereocenters. The van der Waals surface area contributed by atoms with Crippen molar-refractivity contribution in [3.63, 3.8) is 0 Å². The fourth-order valence-corrected chi connectivity index (χ4v) is 3.27. The smallest absolute Gasteiger partial charge is 0.339 e. The Morgan fingerprint density at radius 2 is 2.07 bits per heavy atom. The topological polar surface area (TPSA) is 88.3 Å². The molecule has 1 heterocycles. The predicted octanol–water partition coefficient (Wildman–Crippen LogP) is 3.08. The second kappa shape index (κ2) is 8.66. The van der Waals surface area contributed by atoms with E-state index in [9.17, 15) is 14.4 Å². The minimum atomic E-state index is -0.934. The Labute approximate surface area is 157 Å². The Morgan fingerprint density at radius 1 is 1.26 bits per heavy atom. The van der Waals surface area contributed by atoms with Gasteiger partial charge in [-0.05, 0) is 45.1 Å². The molecule has 1 aliphatic rings. The minimum absolute atomic E-state index is 0.154. The maximum absolute atomic E-state index is 12.5. The molecular weight excluding hydrogens is 344 g/mol. The number of para-hydroxylation sites is 1. The molecule has 6 heteroatoms. The molecule has 27 heavy (non-hydrogen) atoms. The van der Waals surface area contributed by atoms with E-state index in [-0.39, 0.29) is 11.5 Å². The number of H-pyrrole nitrogens is 1. The number of hydrogen-bond donors (Lipinski definition) is 2. The molecule has 1 aromatic heterocycles. The van der Waals surface area contributed by atoms with E-state index in [0.29, 0.717) is 17.4 Å². The molecule has 0 bridgehead atoms. The quantitative estimate of drug-likeness (QED) is 0.606. The van der Waals surface area contributed by atoms with E-state index in [1.165, 1.54) is 31.4 Å². The van der Waals surface area contributed by atoms with Crippen molar-refractivity contribution in [3.05, 3.63) is 57.9 Å². The van der Waals surface area contributed by atoms with Gasteiger partial charge < -0.3 is 15.0 Å². The molecule has 0 saturated heterocycles. The molecule has 142 valence electrons. The number of hydrogen-bond acceptors (Lipinski definition) is 4. The highest BCUT2D eigenvalue weighted by atomic mass is 16.5. The largest absolute Gasteiger partial charge is 0.449 e. The van der Waals surface area contributed by atoms with Gasteiger partial charge in [-0.2, -0.15) is 0 Å². The van der Waals surface area contributed by atoms with Gasteiger partial charge in [-0.1, -0.05) is 29.8 Å². The van der Waals surface area contributed by atoms with Gasteiger partial charge in [0.1, 0.15) is 0 Å². The summed E-state index contributed by atoms with van der Waals surface area (Å²) in [6, 6.07) is 8.18. The van der Waals surface area contributed by atoms with Gasteiger partial charge in [-0.15, -0.1) is 0 Å². The first-order valence-corrected chi connectivity index (χ1v) is 9.33. The minimum Gasteiger partial charge on any atom is -0.449 e. The highest BCUT2D eigenvalue weighted by molar-refractivity contribution is 6.03. The van der Waals surface area contributed by atoms with Crippen LogP contribution in [0.5, 0.6) is 0 Å². The van der Waals surface area contributed by atoms with E-state index < -0.39 is 17.6 Å². The molecule has 1 aliphatic carbocycles. The molecule has 3 rings (SSSR count). The summed E-state index contributed by atoms with van der Waals surface area (Å²) >= 11 is 0. The fraction of sp³-hybridized carbons (Fsp3) is 0.381. The molecule has 1 atom stereocenters. The van der Waals surface area contributed by atoms with Crippen LogP contribution in [0.4, 0.5) is 0 Å². The standard InChI is InChI=1S/C21H24N2O4/c1-14(20(25)22-12-11-15-7-3-2-4-8-15)27-21(26)17-13-19(24)23-18-10-6-5-9-16(17)18/h5-7,9-10,13-14H,2-4,8,11-12H2,1H3,(H,22,25)(H,23,24)/t14-/m1/s1. The van der Waals surface area contributed by atoms with Crippen molar-refractivity contribution in [2.24, 2.45) is 0 Å². The lowest BCUT2D eigenvalue weighted by molar-refractivity contribution is -0.129. The number of ether oxygens (including phenoxy) is 1. The zero-order valence-electron chi connectivity index (χ0n) is 15.4. The molecule has 0 saturated carbocycles. The molecule has 2 aromatic rings. The van der Waals surface area contributed by atoms with Crippen LogP contribution in [-0.2, 0) is 9.53 Å². The lowest BCUT2D eigenvalue weighted by Crippen LogP contribution is -2.36. The highest BCUT2D eigenvalue weighted by Gasteiger charge is 2.20. The second-order valence-electron chi connectivity index (χ2n) is 6.79. The van der Waals surface area contributed by atoms with Crippen molar-refractivity contribution in [2.45, 2.75) is 45.1 Å². The van der Waals surface area contributed by atoms with Crippen LogP contribution in [0.1, 0.15) is 49.4 Å². The van der Waals surface area contributed by atoms with Crippen LogP contribution in [0.3, 0.4) is 0 Å². The van der Waals surface area contributed by atoms with E-state index in [2.05, 4.69) is 16.4 Å². The Morgan fingerprint density at radius 3 is 2.85 bits per heavy atom. The van der Waals surface area contributed by atoms with Crippen molar-refractivity contribution in [1.29, 1.82) is 0 Å². The first-order valence-electron chi connectivity index (χ1n) is 9.33. The number of rotatable bonds is 6. The number of aromatic nitrogens is 1. The van der Waals surface area contributed by atoms with Crippen molar-refractivity contribution in [3.8, 4) is 0 Å². The lowest BCUT2D eigenvalue weighted by Gasteiger charge is -2.16. The van der Waals surface area contributed by atoms with E-state index in [1.54, 1.807) is 24.3 Å². The van der Waals surface area contributed by atoms with Gasteiger partial charge >= 0.3 is 5.97 Å². The maximum atomic E-state index is 12.5. The fourth-order valence-electron chi connectivity index (χ4n) is 3.27. The van der Waals surface area contributed by atoms with Crippen LogP contribution in [0.2, 0.25) is 0 Å². The number of pyridine rings is 1. The monoisotopic (exact) mass is 368 g/mol. The average Bonchev–Trinajstić information content (AvgIpc) is 2.67. The molecule has 0 radical (unpaired) electrons. The Hall–Kier alpha value is -2.89. The third kappa shape index (κ3) is 4.84. The average molecular weight is 368 g/mol. The van der Waals surface area contributed by atoms with Gasteiger partial charge in [-0.25, -0.2) is 4.79 Å². The van der Waals surface area contributed by atoms with E-state index in [1.807, 2.05) is 0 Å². The number of fused-ring (bicyclic) bond motifs is 1. The lowest BCUT2D eigenvalue weighted by atomic mass is 9.97. The molecule has 0 spiro atoms. The first kappa shape index (κ1) is 18.9. The van der Waals surface area contributed by atoms with Crippen molar-refractivity contribution in [1.82, 2.24) is 10.3 Å². The van der Waals surface area contributed by atoms with E-state index >= 15 is 0 Å². The molecule has 0 fully saturated rings. The number of benzene rings is 1. The summed E-state index contributed by atoms with van der Waals surface area (Å²) in [5, 5.41) is 3.39. The summed E-state index contributed by atoms with van der Waals surface area (Å²) in [7, 11) is 0. The number of allylic oxidation sites excluding steroid dienone is 1. The zero-order chi connectivity index (χ0) is 19.2. The van der Waals surface area contributed by atoms with Crippen LogP contribution in [0, 0.1) is 0 Å². The third-order valence-electron chi connectivity index (χ3n) is 4.75. The Bertz CT molecular complexity index is 929. The Balaban J connectivity index is 1.59. The van der Waals surface area contributed by atoms with Crippen molar-refractivity contribution in [2.75, 3.05) is 6.54 Å². The van der Waals surface area contributed by atoms with Crippen LogP contribution < -0.4 is 10.9 Å². The van der Waals surface area contributed by atoms with Crippen molar-refractivity contribution < 1.29 is 14.3 Å². The number of aromatic amines is 1. The highest BCUT2D eigenvalue weighted by Crippen LogP contribution is 2.19. The number of amides is 1. The van der Waals surface area contributed by atoms with Crippen LogP contribution in [0.15, 0.2) is 46.8 Å². The van der Waals surface area contributed by atoms with E-state index in [0.717, 1.165) is 19.3 Å². The normalized spacial score (nSPS) is 15.1. The van der Waals surface area contributed by atoms with Gasteiger partial charge in [0, 0.05) is 23.5 Å². The van der Waals surface area contributed by atoms with Crippen LogP contribution in [-0.4, -0.2) is 29.5 Å². The summed E-state index contributed by atoms with van der Waals surface area (Å²) in [6.07, 6.45) is 6.79.